The number of rotatable bonds is 8. The Labute approximate surface area is 282 Å². The summed E-state index contributed by atoms with van der Waals surface area (Å²) in [4.78, 5) is 31.2. The van der Waals surface area contributed by atoms with Crippen LogP contribution in [0, 0.1) is 0 Å². The number of para-hydroxylation sites is 1. The van der Waals surface area contributed by atoms with Crippen LogP contribution in [0.3, 0.4) is 0 Å². The number of ether oxygens (including phenoxy) is 2. The Morgan fingerprint density at radius 1 is 0.896 bits per heavy atom. The topological polar surface area (TPSA) is 91.2 Å². The molecule has 1 aliphatic carbocycles. The van der Waals surface area contributed by atoms with Crippen LogP contribution in [0.15, 0.2) is 60.9 Å². The summed E-state index contributed by atoms with van der Waals surface area (Å²) in [6.07, 6.45) is 6.34. The molecule has 3 aliphatic heterocycles. The van der Waals surface area contributed by atoms with Gasteiger partial charge in [0.05, 0.1) is 18.5 Å². The molecule has 1 saturated carbocycles. The summed E-state index contributed by atoms with van der Waals surface area (Å²) < 4.78 is 13.8. The standard InChI is InChI=1S/C37H46N8O3/c1-37(2,3)48-36(46)44-22-28(23-44)42-17-15-41(16-18-42)27-20-43(21-27)26-11-12-32(34(19-26)47-4)40-35-38-14-13-31(39-35)30-24-45(25-9-10-25)33-8-6-5-7-29(30)33/h5-8,11-14,19,24-25,27-28H,9-10,15-18,20-23H2,1-4H3,(H,38,39,40). The number of benzene rings is 2. The predicted octanol–water partition coefficient (Wildman–Crippen LogP) is 5.61. The molecule has 48 heavy (non-hydrogen) atoms. The number of carbonyl (C=O) groups excluding carboxylic acids is 1. The average Bonchev–Trinajstić information content (AvgIpc) is 3.80. The van der Waals surface area contributed by atoms with Crippen LogP contribution < -0.4 is 15.0 Å². The van der Waals surface area contributed by atoms with Gasteiger partial charge in [-0.15, -0.1) is 0 Å². The summed E-state index contributed by atoms with van der Waals surface area (Å²) in [6, 6.07) is 18.5. The van der Waals surface area contributed by atoms with Gasteiger partial charge in [0, 0.05) is 111 Å². The Bertz CT molecular complexity index is 1790. The number of nitrogens with zero attached hydrogens (tertiary/aromatic N) is 7. The van der Waals surface area contributed by atoms with E-state index in [0.717, 1.165) is 80.7 Å². The summed E-state index contributed by atoms with van der Waals surface area (Å²) in [5.41, 5.74) is 4.85. The third kappa shape index (κ3) is 6.17. The van der Waals surface area contributed by atoms with Gasteiger partial charge in [0.2, 0.25) is 5.95 Å². The quantitative estimate of drug-likeness (QED) is 0.261. The second-order valence-electron chi connectivity index (χ2n) is 14.6. The van der Waals surface area contributed by atoms with E-state index < -0.39 is 5.60 Å². The van der Waals surface area contributed by atoms with Gasteiger partial charge < -0.3 is 29.2 Å². The van der Waals surface area contributed by atoms with Crippen molar-refractivity contribution in [3.8, 4) is 17.0 Å². The Morgan fingerprint density at radius 2 is 1.60 bits per heavy atom. The first-order valence-electron chi connectivity index (χ1n) is 17.3. The molecule has 2 aromatic carbocycles. The zero-order valence-electron chi connectivity index (χ0n) is 28.4. The fourth-order valence-corrected chi connectivity index (χ4v) is 7.26. The zero-order chi connectivity index (χ0) is 33.0. The molecular weight excluding hydrogens is 604 g/mol. The highest BCUT2D eigenvalue weighted by Gasteiger charge is 2.40. The van der Waals surface area contributed by atoms with E-state index in [1.54, 1.807) is 7.11 Å². The number of likely N-dealkylation sites (tertiary alicyclic amines) is 1. The van der Waals surface area contributed by atoms with E-state index in [2.05, 4.69) is 78.2 Å². The van der Waals surface area contributed by atoms with E-state index in [9.17, 15) is 4.79 Å². The first-order valence-corrected chi connectivity index (χ1v) is 17.3. The number of carbonyl (C=O) groups is 1. The van der Waals surface area contributed by atoms with Crippen LogP contribution in [0.2, 0.25) is 0 Å². The number of hydrogen-bond donors (Lipinski definition) is 1. The highest BCUT2D eigenvalue weighted by molar-refractivity contribution is 5.95. The van der Waals surface area contributed by atoms with E-state index in [0.29, 0.717) is 24.1 Å². The van der Waals surface area contributed by atoms with Crippen LogP contribution >= 0.6 is 0 Å². The van der Waals surface area contributed by atoms with Crippen LogP contribution in [-0.4, -0.2) is 112 Å². The molecule has 4 fully saturated rings. The third-order valence-electron chi connectivity index (χ3n) is 10.2. The molecule has 0 bridgehead atoms. The molecule has 4 aromatic rings. The van der Waals surface area contributed by atoms with Gasteiger partial charge in [0.1, 0.15) is 11.4 Å². The van der Waals surface area contributed by atoms with Crippen molar-refractivity contribution in [1.82, 2.24) is 29.2 Å². The maximum Gasteiger partial charge on any atom is 0.410 e. The van der Waals surface area contributed by atoms with E-state index in [-0.39, 0.29) is 6.09 Å². The molecule has 3 saturated heterocycles. The van der Waals surface area contributed by atoms with Gasteiger partial charge >= 0.3 is 6.09 Å². The Hall–Kier alpha value is -4.35. The minimum absolute atomic E-state index is 0.196. The zero-order valence-corrected chi connectivity index (χ0v) is 28.4. The number of fused-ring (bicyclic) bond motifs is 1. The number of aromatic nitrogens is 3. The van der Waals surface area contributed by atoms with Crippen molar-refractivity contribution >= 4 is 34.3 Å². The number of methoxy groups -OCH3 is 1. The first kappa shape index (κ1) is 31.0. The summed E-state index contributed by atoms with van der Waals surface area (Å²) in [5, 5.41) is 4.63. The molecule has 8 rings (SSSR count). The Balaban J connectivity index is 0.856. The molecule has 4 aliphatic rings. The highest BCUT2D eigenvalue weighted by Crippen LogP contribution is 2.41. The summed E-state index contributed by atoms with van der Waals surface area (Å²) in [5.74, 6) is 1.31. The number of piperazine rings is 1. The monoisotopic (exact) mass is 650 g/mol. The van der Waals surface area contributed by atoms with Crippen molar-refractivity contribution in [2.75, 3.05) is 69.7 Å². The molecular formula is C37H46N8O3. The van der Waals surface area contributed by atoms with Gasteiger partial charge in [-0.25, -0.2) is 14.8 Å². The van der Waals surface area contributed by atoms with Gasteiger partial charge in [-0.05, 0) is 57.9 Å². The lowest BCUT2D eigenvalue weighted by Gasteiger charge is -2.52. The minimum Gasteiger partial charge on any atom is -0.494 e. The van der Waals surface area contributed by atoms with Gasteiger partial charge in [-0.1, -0.05) is 18.2 Å². The van der Waals surface area contributed by atoms with Gasteiger partial charge in [0.15, 0.2) is 0 Å². The highest BCUT2D eigenvalue weighted by atomic mass is 16.6. The van der Waals surface area contributed by atoms with Crippen LogP contribution in [0.1, 0.15) is 39.7 Å². The van der Waals surface area contributed by atoms with Crippen LogP contribution in [0.5, 0.6) is 5.75 Å². The van der Waals surface area contributed by atoms with Crippen molar-refractivity contribution in [1.29, 1.82) is 0 Å². The second-order valence-corrected chi connectivity index (χ2v) is 14.6. The average molecular weight is 651 g/mol. The number of hydrogen-bond acceptors (Lipinski definition) is 9. The maximum atomic E-state index is 12.3. The molecule has 0 unspecified atom stereocenters. The largest absolute Gasteiger partial charge is 0.494 e. The molecule has 0 radical (unpaired) electrons. The van der Waals surface area contributed by atoms with E-state index >= 15 is 0 Å². The fraction of sp³-hybridized carbons (Fsp3) is 0.486. The van der Waals surface area contributed by atoms with E-state index in [1.165, 1.54) is 23.7 Å². The summed E-state index contributed by atoms with van der Waals surface area (Å²) in [7, 11) is 1.71. The lowest BCUT2D eigenvalue weighted by Crippen LogP contribution is -2.67. The normalized spacial score (nSPS) is 19.7. The van der Waals surface area contributed by atoms with Gasteiger partial charge in [-0.3, -0.25) is 9.80 Å². The molecule has 252 valence electrons. The molecule has 0 spiro atoms. The lowest BCUT2D eigenvalue weighted by molar-refractivity contribution is -0.0290. The van der Waals surface area contributed by atoms with E-state index in [1.807, 2.05) is 37.9 Å². The number of anilines is 3. The van der Waals surface area contributed by atoms with Crippen molar-refractivity contribution in [2.24, 2.45) is 0 Å². The maximum absolute atomic E-state index is 12.3. The Morgan fingerprint density at radius 3 is 2.29 bits per heavy atom. The SMILES string of the molecule is COc1cc(N2CC(N3CCN(C4CN(C(=O)OC(C)(C)C)C4)CC3)C2)ccc1Nc1nccc(-c2cn(C3CC3)c3ccccc23)n1. The van der Waals surface area contributed by atoms with E-state index in [4.69, 9.17) is 14.5 Å². The molecule has 1 N–H and O–H groups in total. The van der Waals surface area contributed by atoms with Gasteiger partial charge in [-0.2, -0.15) is 0 Å². The van der Waals surface area contributed by atoms with Crippen molar-refractivity contribution in [2.45, 2.75) is 57.3 Å². The van der Waals surface area contributed by atoms with Crippen LogP contribution in [-0.2, 0) is 4.74 Å². The Kier molecular flexibility index (Phi) is 7.91. The lowest BCUT2D eigenvalue weighted by atomic mass is 10.0. The molecule has 5 heterocycles. The molecule has 1 amide bonds. The van der Waals surface area contributed by atoms with Crippen molar-refractivity contribution in [3.05, 3.63) is 60.9 Å². The molecule has 11 heteroatoms. The predicted molar refractivity (Wildman–Crippen MR) is 188 cm³/mol. The van der Waals surface area contributed by atoms with Crippen molar-refractivity contribution < 1.29 is 14.3 Å². The molecule has 2 aromatic heterocycles. The molecule has 0 atom stereocenters. The fourth-order valence-electron chi connectivity index (χ4n) is 7.26. The summed E-state index contributed by atoms with van der Waals surface area (Å²) >= 11 is 0. The van der Waals surface area contributed by atoms with Crippen LogP contribution in [0.4, 0.5) is 22.1 Å². The molecule has 11 nitrogen and oxygen atoms in total. The van der Waals surface area contributed by atoms with Crippen molar-refractivity contribution in [3.63, 3.8) is 0 Å². The minimum atomic E-state index is -0.449. The second kappa shape index (κ2) is 12.3. The van der Waals surface area contributed by atoms with Crippen LogP contribution in [0.25, 0.3) is 22.2 Å². The third-order valence-corrected chi connectivity index (χ3v) is 10.2. The summed E-state index contributed by atoms with van der Waals surface area (Å²) in [6.45, 7) is 13.5. The number of nitrogens with one attached hydrogen (secondary N) is 1. The first-order chi connectivity index (χ1) is 23.2. The number of amides is 1. The smallest absolute Gasteiger partial charge is 0.410 e. The van der Waals surface area contributed by atoms with Gasteiger partial charge in [0.25, 0.3) is 0 Å².